The van der Waals surface area contributed by atoms with E-state index in [-0.39, 0.29) is 0 Å². The van der Waals surface area contributed by atoms with Crippen molar-refractivity contribution in [2.24, 2.45) is 0 Å². The van der Waals surface area contributed by atoms with Crippen LogP contribution in [0.5, 0.6) is 0 Å². The van der Waals surface area contributed by atoms with Gasteiger partial charge in [0.2, 0.25) is 0 Å². The van der Waals surface area contributed by atoms with Crippen LogP contribution in [0, 0.1) is 0 Å². The number of benzene rings is 1. The summed E-state index contributed by atoms with van der Waals surface area (Å²) >= 11 is 0. The molecule has 0 atom stereocenters. The van der Waals surface area contributed by atoms with Crippen molar-refractivity contribution in [1.82, 2.24) is 26.5 Å². The van der Waals surface area contributed by atoms with Crippen LogP contribution < -0.4 is 21.5 Å². The maximum absolute atomic E-state index is 12.7. The average Bonchev–Trinajstić information content (AvgIpc) is 3.38. The predicted molar refractivity (Wildman–Crippen MR) is 99.4 cm³/mol. The minimum atomic E-state index is -1.02. The fraction of sp³-hybridized carbons (Fsp3) is 0.316. The van der Waals surface area contributed by atoms with E-state index in [4.69, 9.17) is 0 Å². The SMILES string of the molecule is O=C(NCc1ccccc1)NC1(C(=O)NNC(=O)c2ccc[nH]2)CCCC1. The first-order chi connectivity index (χ1) is 13.1. The minimum absolute atomic E-state index is 0.337. The smallest absolute Gasteiger partial charge is 0.315 e. The predicted octanol–water partition coefficient (Wildman–Crippen LogP) is 1.59. The zero-order valence-corrected chi connectivity index (χ0v) is 14.9. The molecule has 0 bridgehead atoms. The normalized spacial score (nSPS) is 15.0. The van der Waals surface area contributed by atoms with Crippen LogP contribution >= 0.6 is 0 Å². The summed E-state index contributed by atoms with van der Waals surface area (Å²) in [6, 6.07) is 12.4. The van der Waals surface area contributed by atoms with E-state index in [0.717, 1.165) is 18.4 Å². The first kappa shape index (κ1) is 18.5. The number of nitrogens with one attached hydrogen (secondary N) is 5. The van der Waals surface area contributed by atoms with Crippen LogP contribution in [0.3, 0.4) is 0 Å². The third kappa shape index (κ3) is 4.66. The molecule has 8 heteroatoms. The van der Waals surface area contributed by atoms with E-state index < -0.39 is 23.4 Å². The molecule has 1 aromatic carbocycles. The fourth-order valence-electron chi connectivity index (χ4n) is 3.20. The Kier molecular flexibility index (Phi) is 5.75. The number of H-pyrrole nitrogens is 1. The molecule has 3 rings (SSSR count). The standard InChI is InChI=1S/C19H23N5O3/c25-16(15-9-6-12-20-15)23-24-17(26)19(10-4-5-11-19)22-18(27)21-13-14-7-2-1-3-8-14/h1-3,6-9,12,20H,4-5,10-11,13H2,(H,23,25)(H,24,26)(H2,21,22,27). The molecule has 5 N–H and O–H groups in total. The van der Waals surface area contributed by atoms with Gasteiger partial charge >= 0.3 is 6.03 Å². The highest BCUT2D eigenvalue weighted by atomic mass is 16.2. The van der Waals surface area contributed by atoms with Crippen molar-refractivity contribution in [3.8, 4) is 0 Å². The van der Waals surface area contributed by atoms with Crippen molar-refractivity contribution >= 4 is 17.8 Å². The van der Waals surface area contributed by atoms with E-state index >= 15 is 0 Å². The van der Waals surface area contributed by atoms with Crippen LogP contribution in [0.25, 0.3) is 0 Å². The number of hydrogen-bond acceptors (Lipinski definition) is 3. The Morgan fingerprint density at radius 1 is 0.963 bits per heavy atom. The summed E-state index contributed by atoms with van der Waals surface area (Å²) in [7, 11) is 0. The molecule has 1 fully saturated rings. The molecule has 27 heavy (non-hydrogen) atoms. The van der Waals surface area contributed by atoms with Gasteiger partial charge in [-0.15, -0.1) is 0 Å². The van der Waals surface area contributed by atoms with Gasteiger partial charge in [-0.3, -0.25) is 20.4 Å². The van der Waals surface area contributed by atoms with E-state index in [0.29, 0.717) is 25.1 Å². The van der Waals surface area contributed by atoms with E-state index in [9.17, 15) is 14.4 Å². The second-order valence-electron chi connectivity index (χ2n) is 6.57. The zero-order valence-electron chi connectivity index (χ0n) is 14.9. The van der Waals surface area contributed by atoms with Crippen LogP contribution in [0.1, 0.15) is 41.7 Å². The molecular formula is C19H23N5O3. The molecule has 0 unspecified atom stereocenters. The van der Waals surface area contributed by atoms with Crippen molar-refractivity contribution in [1.29, 1.82) is 0 Å². The summed E-state index contributed by atoms with van der Waals surface area (Å²) < 4.78 is 0. The van der Waals surface area contributed by atoms with Gasteiger partial charge in [0, 0.05) is 12.7 Å². The number of aromatic nitrogens is 1. The molecule has 142 valence electrons. The van der Waals surface area contributed by atoms with Gasteiger partial charge in [-0.1, -0.05) is 43.2 Å². The third-order valence-electron chi connectivity index (χ3n) is 4.67. The van der Waals surface area contributed by atoms with Crippen LogP contribution in [-0.2, 0) is 11.3 Å². The number of amides is 4. The first-order valence-corrected chi connectivity index (χ1v) is 8.93. The molecule has 1 heterocycles. The number of aromatic amines is 1. The maximum Gasteiger partial charge on any atom is 0.315 e. The van der Waals surface area contributed by atoms with E-state index in [1.807, 2.05) is 30.3 Å². The number of carbonyl (C=O) groups is 3. The molecule has 1 aliphatic rings. The van der Waals surface area contributed by atoms with Gasteiger partial charge in [0.1, 0.15) is 11.2 Å². The molecule has 8 nitrogen and oxygen atoms in total. The molecular weight excluding hydrogens is 346 g/mol. The lowest BCUT2D eigenvalue weighted by Gasteiger charge is -2.29. The van der Waals surface area contributed by atoms with Crippen molar-refractivity contribution in [2.75, 3.05) is 0 Å². The molecule has 4 amide bonds. The monoisotopic (exact) mass is 369 g/mol. The van der Waals surface area contributed by atoms with Crippen LogP contribution in [0.2, 0.25) is 0 Å². The van der Waals surface area contributed by atoms with Crippen molar-refractivity contribution in [2.45, 2.75) is 37.8 Å². The average molecular weight is 369 g/mol. The highest BCUT2D eigenvalue weighted by Gasteiger charge is 2.42. The number of hydrogen-bond donors (Lipinski definition) is 5. The van der Waals surface area contributed by atoms with Crippen LogP contribution in [0.4, 0.5) is 4.79 Å². The fourth-order valence-corrected chi connectivity index (χ4v) is 3.20. The summed E-state index contributed by atoms with van der Waals surface area (Å²) in [5.41, 5.74) is 5.09. The molecule has 0 radical (unpaired) electrons. The summed E-state index contributed by atoms with van der Waals surface area (Å²) in [6.45, 7) is 0.369. The molecule has 1 saturated carbocycles. The van der Waals surface area contributed by atoms with Crippen LogP contribution in [0.15, 0.2) is 48.7 Å². The Labute approximate surface area is 157 Å². The lowest BCUT2D eigenvalue weighted by molar-refractivity contribution is -0.127. The number of hydrazine groups is 1. The minimum Gasteiger partial charge on any atom is -0.357 e. The highest BCUT2D eigenvalue weighted by Crippen LogP contribution is 2.29. The summed E-state index contributed by atoms with van der Waals surface area (Å²) in [5.74, 6) is -0.871. The second-order valence-corrected chi connectivity index (χ2v) is 6.57. The second kappa shape index (κ2) is 8.39. The molecule has 0 spiro atoms. The van der Waals surface area contributed by atoms with Gasteiger partial charge in [0.05, 0.1) is 0 Å². The van der Waals surface area contributed by atoms with E-state index in [1.54, 1.807) is 18.3 Å². The van der Waals surface area contributed by atoms with E-state index in [1.165, 1.54) is 0 Å². The lowest BCUT2D eigenvalue weighted by atomic mass is 9.97. The molecule has 0 aliphatic heterocycles. The van der Waals surface area contributed by atoms with Gasteiger partial charge in [-0.05, 0) is 30.5 Å². The Morgan fingerprint density at radius 3 is 2.37 bits per heavy atom. The quantitative estimate of drug-likeness (QED) is 0.516. The van der Waals surface area contributed by atoms with Gasteiger partial charge in [-0.25, -0.2) is 4.79 Å². The summed E-state index contributed by atoms with van der Waals surface area (Å²) in [4.78, 5) is 39.7. The first-order valence-electron chi connectivity index (χ1n) is 8.93. The summed E-state index contributed by atoms with van der Waals surface area (Å²) in [6.07, 6.45) is 4.33. The summed E-state index contributed by atoms with van der Waals surface area (Å²) in [5, 5.41) is 5.57. The van der Waals surface area contributed by atoms with Crippen molar-refractivity contribution in [3.05, 3.63) is 59.9 Å². The third-order valence-corrected chi connectivity index (χ3v) is 4.67. The van der Waals surface area contributed by atoms with E-state index in [2.05, 4.69) is 26.5 Å². The largest absolute Gasteiger partial charge is 0.357 e. The highest BCUT2D eigenvalue weighted by molar-refractivity contribution is 5.96. The molecule has 0 saturated heterocycles. The van der Waals surface area contributed by atoms with Gasteiger partial charge in [0.15, 0.2) is 0 Å². The van der Waals surface area contributed by atoms with Gasteiger partial charge in [-0.2, -0.15) is 0 Å². The Bertz CT molecular complexity index is 783. The Hall–Kier alpha value is -3.29. The van der Waals surface area contributed by atoms with Gasteiger partial charge < -0.3 is 15.6 Å². The van der Waals surface area contributed by atoms with Crippen molar-refractivity contribution < 1.29 is 14.4 Å². The molecule has 1 aliphatic carbocycles. The number of urea groups is 1. The topological polar surface area (TPSA) is 115 Å². The van der Waals surface area contributed by atoms with Gasteiger partial charge in [0.25, 0.3) is 11.8 Å². The number of carbonyl (C=O) groups excluding carboxylic acids is 3. The lowest BCUT2D eigenvalue weighted by Crippen LogP contribution is -2.61. The number of rotatable bonds is 5. The molecule has 1 aromatic heterocycles. The Morgan fingerprint density at radius 2 is 1.70 bits per heavy atom. The maximum atomic E-state index is 12.7. The zero-order chi connectivity index (χ0) is 19.1. The van der Waals surface area contributed by atoms with Crippen LogP contribution in [-0.4, -0.2) is 28.4 Å². The van der Waals surface area contributed by atoms with Crippen molar-refractivity contribution in [3.63, 3.8) is 0 Å². The molecule has 2 aromatic rings. The Balaban J connectivity index is 1.55.